The molecule has 4 heteroatoms. The van der Waals surface area contributed by atoms with Gasteiger partial charge in [-0.3, -0.25) is 0 Å². The number of para-hydroxylation sites is 1. The largest absolute Gasteiger partial charge is 0.487 e. The fourth-order valence-electron chi connectivity index (χ4n) is 2.19. The van der Waals surface area contributed by atoms with Crippen molar-refractivity contribution in [2.24, 2.45) is 0 Å². The van der Waals surface area contributed by atoms with Crippen molar-refractivity contribution in [3.63, 3.8) is 0 Å². The first-order valence-corrected chi connectivity index (χ1v) is 5.14. The Hall–Kier alpha value is -1.16. The van der Waals surface area contributed by atoms with E-state index in [4.69, 9.17) is 4.74 Å². The minimum absolute atomic E-state index is 0.116. The Morgan fingerprint density at radius 3 is 2.56 bits per heavy atom. The van der Waals surface area contributed by atoms with Crippen molar-refractivity contribution in [2.75, 3.05) is 0 Å². The van der Waals surface area contributed by atoms with Gasteiger partial charge in [-0.05, 0) is 19.9 Å². The average molecular weight is 228 g/mol. The number of ether oxygens (including phenoxy) is 1. The molecule has 0 spiro atoms. The van der Waals surface area contributed by atoms with Crippen LogP contribution in [0, 0.1) is 0 Å². The molecule has 0 aliphatic carbocycles. The number of alkyl halides is 2. The normalized spacial score (nSPS) is 27.4. The van der Waals surface area contributed by atoms with E-state index >= 15 is 0 Å². The highest BCUT2D eigenvalue weighted by atomic mass is 19.3. The summed E-state index contributed by atoms with van der Waals surface area (Å²) in [7, 11) is 0. The lowest BCUT2D eigenvalue weighted by molar-refractivity contribution is -0.149. The molecule has 0 fully saturated rings. The van der Waals surface area contributed by atoms with E-state index in [1.165, 1.54) is 6.07 Å². The van der Waals surface area contributed by atoms with Crippen molar-refractivity contribution in [3.05, 3.63) is 29.8 Å². The molecule has 2 rings (SSSR count). The molecule has 0 saturated heterocycles. The van der Waals surface area contributed by atoms with Crippen molar-refractivity contribution in [2.45, 2.75) is 37.9 Å². The van der Waals surface area contributed by atoms with Crippen LogP contribution >= 0.6 is 0 Å². The number of aliphatic hydroxyl groups is 1. The molecule has 1 aliphatic rings. The number of rotatable bonds is 1. The smallest absolute Gasteiger partial charge is 0.271 e. The molecular weight excluding hydrogens is 214 g/mol. The standard InChI is InChI=1S/C12H14F2O2/c1-11(2)7-12(15,10(13)14)8-5-3-4-6-9(8)16-11/h3-6,10,15H,7H2,1-2H3. The minimum atomic E-state index is -2.82. The van der Waals surface area contributed by atoms with Crippen LogP contribution in [0.25, 0.3) is 0 Å². The summed E-state index contributed by atoms with van der Waals surface area (Å²) in [5.41, 5.74) is -2.73. The van der Waals surface area contributed by atoms with E-state index in [9.17, 15) is 13.9 Å². The zero-order valence-electron chi connectivity index (χ0n) is 9.21. The summed E-state index contributed by atoms with van der Waals surface area (Å²) in [5.74, 6) is 0.335. The summed E-state index contributed by atoms with van der Waals surface area (Å²) < 4.78 is 31.6. The summed E-state index contributed by atoms with van der Waals surface area (Å²) in [6, 6.07) is 6.40. The van der Waals surface area contributed by atoms with Crippen molar-refractivity contribution >= 4 is 0 Å². The molecular formula is C12H14F2O2. The van der Waals surface area contributed by atoms with Gasteiger partial charge in [0, 0.05) is 12.0 Å². The molecule has 2 nitrogen and oxygen atoms in total. The summed E-state index contributed by atoms with van der Waals surface area (Å²) in [4.78, 5) is 0. The van der Waals surface area contributed by atoms with Crippen LogP contribution in [-0.2, 0) is 5.60 Å². The van der Waals surface area contributed by atoms with Gasteiger partial charge in [-0.1, -0.05) is 18.2 Å². The van der Waals surface area contributed by atoms with Crippen LogP contribution in [-0.4, -0.2) is 17.1 Å². The Labute approximate surface area is 92.9 Å². The molecule has 88 valence electrons. The fourth-order valence-corrected chi connectivity index (χ4v) is 2.19. The molecule has 1 N–H and O–H groups in total. The maximum Gasteiger partial charge on any atom is 0.271 e. The highest BCUT2D eigenvalue weighted by Gasteiger charge is 2.49. The predicted molar refractivity (Wildman–Crippen MR) is 55.7 cm³/mol. The number of fused-ring (bicyclic) bond motifs is 1. The fraction of sp³-hybridized carbons (Fsp3) is 0.500. The van der Waals surface area contributed by atoms with Crippen LogP contribution in [0.15, 0.2) is 24.3 Å². The van der Waals surface area contributed by atoms with E-state index < -0.39 is 17.6 Å². The first kappa shape index (κ1) is 11.3. The van der Waals surface area contributed by atoms with Crippen LogP contribution in [0.3, 0.4) is 0 Å². The Morgan fingerprint density at radius 2 is 1.94 bits per heavy atom. The lowest BCUT2D eigenvalue weighted by atomic mass is 9.81. The summed E-state index contributed by atoms with van der Waals surface area (Å²) in [5, 5.41) is 10.1. The lowest BCUT2D eigenvalue weighted by Gasteiger charge is -2.42. The van der Waals surface area contributed by atoms with E-state index in [-0.39, 0.29) is 12.0 Å². The van der Waals surface area contributed by atoms with Gasteiger partial charge in [-0.15, -0.1) is 0 Å². The van der Waals surface area contributed by atoms with Crippen molar-refractivity contribution in [1.82, 2.24) is 0 Å². The minimum Gasteiger partial charge on any atom is -0.487 e. The summed E-state index contributed by atoms with van der Waals surface area (Å²) >= 11 is 0. The monoisotopic (exact) mass is 228 g/mol. The quantitative estimate of drug-likeness (QED) is 0.800. The van der Waals surface area contributed by atoms with Crippen LogP contribution in [0.2, 0.25) is 0 Å². The van der Waals surface area contributed by atoms with E-state index in [0.29, 0.717) is 5.75 Å². The third-order valence-corrected chi connectivity index (χ3v) is 2.80. The Kier molecular flexibility index (Phi) is 2.42. The molecule has 0 bridgehead atoms. The van der Waals surface area contributed by atoms with Gasteiger partial charge in [0.2, 0.25) is 0 Å². The topological polar surface area (TPSA) is 29.5 Å². The van der Waals surface area contributed by atoms with Gasteiger partial charge in [0.1, 0.15) is 11.4 Å². The third-order valence-electron chi connectivity index (χ3n) is 2.80. The molecule has 1 aromatic rings. The van der Waals surface area contributed by atoms with E-state index in [1.807, 2.05) is 0 Å². The zero-order chi connectivity index (χ0) is 12.0. The highest BCUT2D eigenvalue weighted by Crippen LogP contribution is 2.46. The van der Waals surface area contributed by atoms with Crippen molar-refractivity contribution < 1.29 is 18.6 Å². The maximum atomic E-state index is 13.0. The number of benzene rings is 1. The molecule has 16 heavy (non-hydrogen) atoms. The van der Waals surface area contributed by atoms with Gasteiger partial charge in [0.05, 0.1) is 0 Å². The van der Waals surface area contributed by atoms with Crippen LogP contribution in [0.5, 0.6) is 5.75 Å². The van der Waals surface area contributed by atoms with E-state index in [0.717, 1.165) is 0 Å². The van der Waals surface area contributed by atoms with Crippen LogP contribution in [0.4, 0.5) is 8.78 Å². The van der Waals surface area contributed by atoms with E-state index in [2.05, 4.69) is 0 Å². The second kappa shape index (κ2) is 3.42. The number of hydrogen-bond donors (Lipinski definition) is 1. The van der Waals surface area contributed by atoms with Gasteiger partial charge in [-0.2, -0.15) is 0 Å². The molecule has 1 heterocycles. The first-order chi connectivity index (χ1) is 7.35. The molecule has 1 aromatic carbocycles. The van der Waals surface area contributed by atoms with Crippen molar-refractivity contribution in [3.8, 4) is 5.75 Å². The Balaban J connectivity index is 2.56. The molecule has 1 unspecified atom stereocenters. The van der Waals surface area contributed by atoms with Crippen molar-refractivity contribution in [1.29, 1.82) is 0 Å². The molecule has 0 saturated carbocycles. The first-order valence-electron chi connectivity index (χ1n) is 5.14. The second-order valence-corrected chi connectivity index (χ2v) is 4.76. The highest BCUT2D eigenvalue weighted by molar-refractivity contribution is 5.41. The SMILES string of the molecule is CC1(C)CC(O)(C(F)F)c2ccccc2O1. The van der Waals surface area contributed by atoms with E-state index in [1.54, 1.807) is 32.0 Å². The predicted octanol–water partition coefficient (Wildman–Crippen LogP) is 2.70. The number of halogens is 2. The molecule has 1 atom stereocenters. The van der Waals surface area contributed by atoms with Crippen LogP contribution < -0.4 is 4.74 Å². The maximum absolute atomic E-state index is 13.0. The average Bonchev–Trinajstić information content (AvgIpc) is 2.15. The van der Waals surface area contributed by atoms with Crippen LogP contribution in [0.1, 0.15) is 25.8 Å². The number of hydrogen-bond acceptors (Lipinski definition) is 2. The van der Waals surface area contributed by atoms with Gasteiger partial charge in [0.15, 0.2) is 5.60 Å². The van der Waals surface area contributed by atoms with Gasteiger partial charge in [0.25, 0.3) is 6.43 Å². The second-order valence-electron chi connectivity index (χ2n) is 4.76. The molecule has 0 aromatic heterocycles. The molecule has 0 radical (unpaired) electrons. The van der Waals surface area contributed by atoms with Gasteiger partial charge < -0.3 is 9.84 Å². The lowest BCUT2D eigenvalue weighted by Crippen LogP contribution is -2.48. The van der Waals surface area contributed by atoms with Gasteiger partial charge in [-0.25, -0.2) is 8.78 Å². The van der Waals surface area contributed by atoms with Gasteiger partial charge >= 0.3 is 0 Å². The molecule has 0 amide bonds. The summed E-state index contributed by atoms with van der Waals surface area (Å²) in [6.07, 6.45) is -2.94. The Morgan fingerprint density at radius 1 is 1.31 bits per heavy atom. The zero-order valence-corrected chi connectivity index (χ0v) is 9.21. The third kappa shape index (κ3) is 1.67. The summed E-state index contributed by atoms with van der Waals surface area (Å²) in [6.45, 7) is 3.38. The Bertz CT molecular complexity index is 404. The molecule has 1 aliphatic heterocycles.